The van der Waals surface area contributed by atoms with Gasteiger partial charge in [-0.25, -0.2) is 4.98 Å². The lowest BCUT2D eigenvalue weighted by Crippen LogP contribution is -2.12. The van der Waals surface area contributed by atoms with Crippen LogP contribution >= 0.6 is 11.3 Å². The number of amides is 1. The highest BCUT2D eigenvalue weighted by atomic mass is 32.1. The molecule has 0 aliphatic carbocycles. The molecule has 0 radical (unpaired) electrons. The fraction of sp³-hybridized carbons (Fsp3) is 0.200. The minimum atomic E-state index is -0.0872. The van der Waals surface area contributed by atoms with Crippen molar-refractivity contribution in [3.63, 3.8) is 0 Å². The zero-order valence-electron chi connectivity index (χ0n) is 11.0. The predicted octanol–water partition coefficient (Wildman–Crippen LogP) is 4.10. The van der Waals surface area contributed by atoms with Gasteiger partial charge in [-0.1, -0.05) is 54.7 Å². The molecule has 0 unspecified atom stereocenters. The second kappa shape index (κ2) is 6.29. The largest absolute Gasteiger partial charge is 0.298 e. The number of hydrogen-bond acceptors (Lipinski definition) is 3. The SMILES string of the molecule is CC/C=C(/C)C(=O)Nc1ncc(-c2ccccc2)s1. The van der Waals surface area contributed by atoms with Crippen LogP contribution in [0.25, 0.3) is 10.4 Å². The second-order valence-corrected chi connectivity index (χ2v) is 5.18. The molecule has 0 fully saturated rings. The van der Waals surface area contributed by atoms with Gasteiger partial charge < -0.3 is 0 Å². The number of rotatable bonds is 4. The average Bonchev–Trinajstić information content (AvgIpc) is 2.88. The zero-order valence-corrected chi connectivity index (χ0v) is 11.8. The van der Waals surface area contributed by atoms with Crippen molar-refractivity contribution in [1.82, 2.24) is 4.98 Å². The summed E-state index contributed by atoms with van der Waals surface area (Å²) in [6.45, 7) is 3.82. The van der Waals surface area contributed by atoms with Gasteiger partial charge >= 0.3 is 0 Å². The maximum atomic E-state index is 11.8. The number of nitrogens with zero attached hydrogens (tertiary/aromatic N) is 1. The third-order valence-corrected chi connectivity index (χ3v) is 3.61. The molecule has 19 heavy (non-hydrogen) atoms. The molecular weight excluding hydrogens is 256 g/mol. The van der Waals surface area contributed by atoms with Gasteiger partial charge in [0.15, 0.2) is 5.13 Å². The van der Waals surface area contributed by atoms with Gasteiger partial charge in [0, 0.05) is 11.8 Å². The second-order valence-electron chi connectivity index (χ2n) is 4.15. The number of carbonyl (C=O) groups excluding carboxylic acids is 1. The van der Waals surface area contributed by atoms with Crippen molar-refractivity contribution in [3.05, 3.63) is 48.2 Å². The molecule has 2 rings (SSSR count). The van der Waals surface area contributed by atoms with Crippen LogP contribution < -0.4 is 5.32 Å². The summed E-state index contributed by atoms with van der Waals surface area (Å²) in [6, 6.07) is 10.0. The van der Waals surface area contributed by atoms with Crippen LogP contribution in [0.2, 0.25) is 0 Å². The molecule has 98 valence electrons. The lowest BCUT2D eigenvalue weighted by Gasteiger charge is -2.00. The molecule has 1 heterocycles. The van der Waals surface area contributed by atoms with Crippen molar-refractivity contribution in [3.8, 4) is 10.4 Å². The van der Waals surface area contributed by atoms with Crippen LogP contribution in [0.3, 0.4) is 0 Å². The van der Waals surface area contributed by atoms with Crippen molar-refractivity contribution < 1.29 is 4.79 Å². The van der Waals surface area contributed by atoms with Crippen molar-refractivity contribution >= 4 is 22.4 Å². The summed E-state index contributed by atoms with van der Waals surface area (Å²) >= 11 is 1.48. The first-order valence-electron chi connectivity index (χ1n) is 6.20. The number of thiazole rings is 1. The van der Waals surface area contributed by atoms with Crippen LogP contribution in [0.4, 0.5) is 5.13 Å². The maximum Gasteiger partial charge on any atom is 0.252 e. The quantitative estimate of drug-likeness (QED) is 0.851. The Morgan fingerprint density at radius 3 is 2.79 bits per heavy atom. The Labute approximate surface area is 117 Å². The van der Waals surface area contributed by atoms with E-state index in [-0.39, 0.29) is 5.91 Å². The Hall–Kier alpha value is -1.94. The third kappa shape index (κ3) is 3.51. The molecule has 0 spiro atoms. The lowest BCUT2D eigenvalue weighted by molar-refractivity contribution is -0.112. The lowest BCUT2D eigenvalue weighted by atomic mass is 10.2. The monoisotopic (exact) mass is 272 g/mol. The highest BCUT2D eigenvalue weighted by molar-refractivity contribution is 7.19. The fourth-order valence-electron chi connectivity index (χ4n) is 1.66. The first kappa shape index (κ1) is 13.5. The van der Waals surface area contributed by atoms with Crippen molar-refractivity contribution in [2.75, 3.05) is 5.32 Å². The number of aromatic nitrogens is 1. The Morgan fingerprint density at radius 2 is 2.11 bits per heavy atom. The fourth-order valence-corrected chi connectivity index (χ4v) is 2.48. The van der Waals surface area contributed by atoms with E-state index in [9.17, 15) is 4.79 Å². The van der Waals surface area contributed by atoms with E-state index in [1.165, 1.54) is 11.3 Å². The van der Waals surface area contributed by atoms with Crippen LogP contribution in [0.5, 0.6) is 0 Å². The smallest absolute Gasteiger partial charge is 0.252 e. The highest BCUT2D eigenvalue weighted by Gasteiger charge is 2.08. The molecule has 1 amide bonds. The Kier molecular flexibility index (Phi) is 4.47. The van der Waals surface area contributed by atoms with E-state index >= 15 is 0 Å². The van der Waals surface area contributed by atoms with Crippen LogP contribution in [-0.4, -0.2) is 10.9 Å². The molecule has 0 aliphatic heterocycles. The van der Waals surface area contributed by atoms with E-state index in [2.05, 4.69) is 10.3 Å². The molecule has 0 bridgehead atoms. The standard InChI is InChI=1S/C15H16N2OS/c1-3-7-11(2)14(18)17-15-16-10-13(19-15)12-8-5-4-6-9-12/h4-10H,3H2,1-2H3,(H,16,17,18)/b11-7-. The van der Waals surface area contributed by atoms with Gasteiger partial charge in [-0.05, 0) is 18.9 Å². The zero-order chi connectivity index (χ0) is 13.7. The van der Waals surface area contributed by atoms with Gasteiger partial charge in [0.2, 0.25) is 0 Å². The number of hydrogen-bond donors (Lipinski definition) is 1. The normalized spacial score (nSPS) is 11.4. The van der Waals surface area contributed by atoms with Gasteiger partial charge in [0.1, 0.15) is 0 Å². The minimum Gasteiger partial charge on any atom is -0.298 e. The summed E-state index contributed by atoms with van der Waals surface area (Å²) in [5.41, 5.74) is 1.83. The average molecular weight is 272 g/mol. The van der Waals surface area contributed by atoms with Gasteiger partial charge in [0.25, 0.3) is 5.91 Å². The van der Waals surface area contributed by atoms with Gasteiger partial charge in [-0.3, -0.25) is 10.1 Å². The summed E-state index contributed by atoms with van der Waals surface area (Å²) in [6.07, 6.45) is 4.54. The van der Waals surface area contributed by atoms with E-state index in [0.717, 1.165) is 22.4 Å². The first-order chi connectivity index (χ1) is 9.20. The summed E-state index contributed by atoms with van der Waals surface area (Å²) in [7, 11) is 0. The first-order valence-corrected chi connectivity index (χ1v) is 7.01. The summed E-state index contributed by atoms with van der Waals surface area (Å²) in [5, 5.41) is 3.45. The van der Waals surface area contributed by atoms with Crippen LogP contribution in [0.1, 0.15) is 20.3 Å². The molecule has 0 atom stereocenters. The summed E-state index contributed by atoms with van der Waals surface area (Å²) in [4.78, 5) is 17.1. The molecule has 1 aromatic carbocycles. The van der Waals surface area contributed by atoms with E-state index < -0.39 is 0 Å². The minimum absolute atomic E-state index is 0.0872. The predicted molar refractivity (Wildman–Crippen MR) is 80.2 cm³/mol. The topological polar surface area (TPSA) is 42.0 Å². The van der Waals surface area contributed by atoms with E-state index in [0.29, 0.717) is 5.13 Å². The van der Waals surface area contributed by atoms with Crippen molar-refractivity contribution in [2.24, 2.45) is 0 Å². The summed E-state index contributed by atoms with van der Waals surface area (Å²) < 4.78 is 0. The van der Waals surface area contributed by atoms with Crippen LogP contribution in [-0.2, 0) is 4.79 Å². The molecule has 0 aliphatic rings. The molecule has 0 saturated carbocycles. The molecule has 2 aromatic rings. The molecule has 3 nitrogen and oxygen atoms in total. The van der Waals surface area contributed by atoms with E-state index in [1.807, 2.05) is 50.3 Å². The number of anilines is 1. The molecule has 0 saturated heterocycles. The number of benzene rings is 1. The Balaban J connectivity index is 2.10. The Bertz CT molecular complexity index is 587. The number of allylic oxidation sites excluding steroid dienone is 1. The van der Waals surface area contributed by atoms with Crippen LogP contribution in [0.15, 0.2) is 48.2 Å². The van der Waals surface area contributed by atoms with E-state index in [1.54, 1.807) is 6.20 Å². The van der Waals surface area contributed by atoms with Gasteiger partial charge in [0.05, 0.1) is 4.88 Å². The van der Waals surface area contributed by atoms with Gasteiger partial charge in [-0.2, -0.15) is 0 Å². The highest BCUT2D eigenvalue weighted by Crippen LogP contribution is 2.28. The molecule has 1 N–H and O–H groups in total. The number of nitrogens with one attached hydrogen (secondary N) is 1. The van der Waals surface area contributed by atoms with Crippen LogP contribution in [0, 0.1) is 0 Å². The molecule has 1 aromatic heterocycles. The third-order valence-electron chi connectivity index (χ3n) is 2.65. The van der Waals surface area contributed by atoms with Crippen molar-refractivity contribution in [1.29, 1.82) is 0 Å². The van der Waals surface area contributed by atoms with Crippen molar-refractivity contribution in [2.45, 2.75) is 20.3 Å². The number of carbonyl (C=O) groups is 1. The van der Waals surface area contributed by atoms with Gasteiger partial charge in [-0.15, -0.1) is 0 Å². The molecule has 4 heteroatoms. The van der Waals surface area contributed by atoms with E-state index in [4.69, 9.17) is 0 Å². The summed E-state index contributed by atoms with van der Waals surface area (Å²) in [5.74, 6) is -0.0872. The molecular formula is C15H16N2OS. The Morgan fingerprint density at radius 1 is 1.37 bits per heavy atom. The maximum absolute atomic E-state index is 11.8.